The molecular formula is C25H26N6OS. The quantitative estimate of drug-likeness (QED) is 0.389. The first-order valence-corrected chi connectivity index (χ1v) is 11.8. The molecule has 0 saturated heterocycles. The first kappa shape index (κ1) is 21.5. The van der Waals surface area contributed by atoms with Crippen molar-refractivity contribution in [3.8, 4) is 11.1 Å². The van der Waals surface area contributed by atoms with E-state index in [0.717, 1.165) is 48.4 Å². The number of aromatic amines is 1. The lowest BCUT2D eigenvalue weighted by atomic mass is 10.1. The molecule has 0 saturated carbocycles. The molecule has 168 valence electrons. The lowest BCUT2D eigenvalue weighted by Crippen LogP contribution is -2.25. The fourth-order valence-corrected chi connectivity index (χ4v) is 5.07. The van der Waals surface area contributed by atoms with E-state index in [-0.39, 0.29) is 5.91 Å². The van der Waals surface area contributed by atoms with E-state index >= 15 is 0 Å². The summed E-state index contributed by atoms with van der Waals surface area (Å²) in [4.78, 5) is 20.9. The third-order valence-electron chi connectivity index (χ3n) is 5.75. The van der Waals surface area contributed by atoms with Crippen LogP contribution in [0.4, 0.5) is 5.13 Å². The number of hydrogen-bond donors (Lipinski definition) is 3. The van der Waals surface area contributed by atoms with Crippen LogP contribution >= 0.6 is 11.3 Å². The second kappa shape index (κ2) is 9.66. The third-order valence-corrected chi connectivity index (χ3v) is 6.75. The van der Waals surface area contributed by atoms with Crippen LogP contribution in [-0.4, -0.2) is 39.6 Å². The fourth-order valence-electron chi connectivity index (χ4n) is 3.99. The number of hydrogen-bond acceptors (Lipinski definition) is 6. The fraction of sp³-hybridized carbons (Fsp3) is 0.240. The number of rotatable bonds is 7. The van der Waals surface area contributed by atoms with Crippen LogP contribution in [0.3, 0.4) is 0 Å². The molecule has 1 aliphatic rings. The van der Waals surface area contributed by atoms with Gasteiger partial charge in [0.05, 0.1) is 11.9 Å². The van der Waals surface area contributed by atoms with Crippen molar-refractivity contribution in [2.45, 2.75) is 26.1 Å². The second-order valence-corrected chi connectivity index (χ2v) is 9.41. The first-order valence-electron chi connectivity index (χ1n) is 11.0. The van der Waals surface area contributed by atoms with Gasteiger partial charge >= 0.3 is 0 Å². The van der Waals surface area contributed by atoms with Gasteiger partial charge in [-0.1, -0.05) is 30.3 Å². The molecule has 1 aliphatic heterocycles. The van der Waals surface area contributed by atoms with Gasteiger partial charge < -0.3 is 10.2 Å². The van der Waals surface area contributed by atoms with E-state index in [1.807, 2.05) is 36.7 Å². The van der Waals surface area contributed by atoms with Crippen LogP contribution < -0.4 is 10.6 Å². The maximum absolute atomic E-state index is 12.8. The monoisotopic (exact) mass is 458 g/mol. The Labute approximate surface area is 196 Å². The minimum absolute atomic E-state index is 0.121. The van der Waals surface area contributed by atoms with Crippen molar-refractivity contribution in [1.29, 1.82) is 0 Å². The van der Waals surface area contributed by atoms with E-state index in [2.05, 4.69) is 62.0 Å². The van der Waals surface area contributed by atoms with E-state index in [1.165, 1.54) is 10.4 Å². The molecule has 0 spiro atoms. The number of anilines is 1. The molecular weight excluding hydrogens is 432 g/mol. The topological polar surface area (TPSA) is 85.9 Å². The molecule has 7 nitrogen and oxygen atoms in total. The molecule has 0 unspecified atom stereocenters. The minimum Gasteiger partial charge on any atom is -0.309 e. The van der Waals surface area contributed by atoms with Gasteiger partial charge in [-0.05, 0) is 41.9 Å². The molecule has 0 fully saturated rings. The summed E-state index contributed by atoms with van der Waals surface area (Å²) in [5, 5.41) is 14.0. The number of likely N-dealkylation sites (N-methyl/N-ethyl adjacent to an activating group) is 1. The molecule has 3 heterocycles. The van der Waals surface area contributed by atoms with Crippen molar-refractivity contribution >= 4 is 22.4 Å². The van der Waals surface area contributed by atoms with Crippen molar-refractivity contribution in [3.05, 3.63) is 88.2 Å². The van der Waals surface area contributed by atoms with Crippen LogP contribution in [0.2, 0.25) is 0 Å². The Bertz CT molecular complexity index is 1250. The van der Waals surface area contributed by atoms with Crippen molar-refractivity contribution in [1.82, 2.24) is 25.4 Å². The van der Waals surface area contributed by atoms with E-state index < -0.39 is 0 Å². The van der Waals surface area contributed by atoms with E-state index in [1.54, 1.807) is 11.3 Å². The number of fused-ring (bicyclic) bond motifs is 1. The summed E-state index contributed by atoms with van der Waals surface area (Å²) in [6, 6.07) is 16.1. The number of aromatic nitrogens is 3. The predicted molar refractivity (Wildman–Crippen MR) is 131 cm³/mol. The lowest BCUT2D eigenvalue weighted by molar-refractivity contribution is 0.102. The highest BCUT2D eigenvalue weighted by atomic mass is 32.1. The van der Waals surface area contributed by atoms with E-state index in [4.69, 9.17) is 0 Å². The van der Waals surface area contributed by atoms with Crippen molar-refractivity contribution < 1.29 is 4.79 Å². The molecule has 1 amide bonds. The van der Waals surface area contributed by atoms with Gasteiger partial charge in [0.25, 0.3) is 5.91 Å². The highest BCUT2D eigenvalue weighted by Gasteiger charge is 2.19. The van der Waals surface area contributed by atoms with Crippen LogP contribution in [-0.2, 0) is 26.1 Å². The summed E-state index contributed by atoms with van der Waals surface area (Å²) in [6.07, 6.45) is 4.65. The zero-order chi connectivity index (χ0) is 22.6. The molecule has 2 aromatic heterocycles. The van der Waals surface area contributed by atoms with Crippen LogP contribution in [0.15, 0.2) is 60.9 Å². The van der Waals surface area contributed by atoms with Crippen LogP contribution in [0.1, 0.15) is 32.1 Å². The van der Waals surface area contributed by atoms with Gasteiger partial charge in [-0.3, -0.25) is 15.2 Å². The van der Waals surface area contributed by atoms with Gasteiger partial charge in [0.15, 0.2) is 5.13 Å². The Morgan fingerprint density at radius 3 is 2.76 bits per heavy atom. The number of nitrogens with zero attached hydrogens (tertiary/aromatic N) is 3. The number of benzene rings is 2. The van der Waals surface area contributed by atoms with Gasteiger partial charge in [-0.15, -0.1) is 11.3 Å². The average molecular weight is 459 g/mol. The molecule has 0 atom stereocenters. The van der Waals surface area contributed by atoms with Crippen molar-refractivity contribution in [2.75, 3.05) is 18.9 Å². The second-order valence-electron chi connectivity index (χ2n) is 8.32. The zero-order valence-electron chi connectivity index (χ0n) is 18.5. The standard InChI is InChI=1S/C25H26N6OS/c1-31-9-8-22-23(16-31)33-25(29-22)30-24(32)20-7-3-5-18(11-20)13-26-12-17-4-2-6-19(10-17)21-14-27-28-15-21/h2-7,10-11,14-15,26H,8-9,12-13,16H2,1H3,(H,27,28)(H,29,30,32). The van der Waals surface area contributed by atoms with Gasteiger partial charge in [0.1, 0.15) is 0 Å². The SMILES string of the molecule is CN1CCc2nc(NC(=O)c3cccc(CNCc4cccc(-c5cn[nH]c5)c4)c3)sc2C1. The van der Waals surface area contributed by atoms with Crippen molar-refractivity contribution in [2.24, 2.45) is 0 Å². The molecule has 5 rings (SSSR count). The summed E-state index contributed by atoms with van der Waals surface area (Å²) >= 11 is 1.57. The molecule has 0 aliphatic carbocycles. The number of carbonyl (C=O) groups is 1. The number of H-pyrrole nitrogens is 1. The molecule has 2 aromatic carbocycles. The largest absolute Gasteiger partial charge is 0.309 e. The Morgan fingerprint density at radius 1 is 1.12 bits per heavy atom. The van der Waals surface area contributed by atoms with E-state index in [0.29, 0.717) is 17.2 Å². The number of nitrogens with one attached hydrogen (secondary N) is 3. The number of carbonyl (C=O) groups excluding carboxylic acids is 1. The molecule has 3 N–H and O–H groups in total. The van der Waals surface area contributed by atoms with Crippen molar-refractivity contribution in [3.63, 3.8) is 0 Å². The van der Waals surface area contributed by atoms with Crippen LogP contribution in [0, 0.1) is 0 Å². The summed E-state index contributed by atoms with van der Waals surface area (Å²) < 4.78 is 0. The zero-order valence-corrected chi connectivity index (χ0v) is 19.3. The smallest absolute Gasteiger partial charge is 0.257 e. The van der Waals surface area contributed by atoms with Gasteiger partial charge in [-0.25, -0.2) is 4.98 Å². The molecule has 0 bridgehead atoms. The Morgan fingerprint density at radius 2 is 1.94 bits per heavy atom. The first-order chi connectivity index (χ1) is 16.1. The average Bonchev–Trinajstić information content (AvgIpc) is 3.49. The van der Waals surface area contributed by atoms with Gasteiger partial charge in [-0.2, -0.15) is 5.10 Å². The number of amides is 1. The molecule has 0 radical (unpaired) electrons. The third kappa shape index (κ3) is 5.19. The molecule has 8 heteroatoms. The van der Waals surface area contributed by atoms with Gasteiger partial charge in [0, 0.05) is 54.8 Å². The minimum atomic E-state index is -0.121. The molecule has 4 aromatic rings. The molecule has 33 heavy (non-hydrogen) atoms. The normalized spacial score (nSPS) is 13.6. The Hall–Kier alpha value is -3.33. The number of thiazole rings is 1. The Kier molecular flexibility index (Phi) is 6.30. The van der Waals surface area contributed by atoms with Crippen LogP contribution in [0.25, 0.3) is 11.1 Å². The summed E-state index contributed by atoms with van der Waals surface area (Å²) in [7, 11) is 2.11. The van der Waals surface area contributed by atoms with E-state index in [9.17, 15) is 4.79 Å². The maximum Gasteiger partial charge on any atom is 0.257 e. The lowest BCUT2D eigenvalue weighted by Gasteiger charge is -2.20. The van der Waals surface area contributed by atoms with Gasteiger partial charge in [0.2, 0.25) is 0 Å². The highest BCUT2D eigenvalue weighted by Crippen LogP contribution is 2.28. The summed E-state index contributed by atoms with van der Waals surface area (Å²) in [5.74, 6) is -0.121. The predicted octanol–water partition coefficient (Wildman–Crippen LogP) is 4.06. The van der Waals surface area contributed by atoms with Crippen LogP contribution in [0.5, 0.6) is 0 Å². The summed E-state index contributed by atoms with van der Waals surface area (Å²) in [5.41, 5.74) is 6.22. The Balaban J connectivity index is 1.18. The maximum atomic E-state index is 12.8. The summed E-state index contributed by atoms with van der Waals surface area (Å²) in [6.45, 7) is 3.32. The highest BCUT2D eigenvalue weighted by molar-refractivity contribution is 7.15.